The van der Waals surface area contributed by atoms with Crippen molar-refractivity contribution in [3.63, 3.8) is 0 Å². The van der Waals surface area contributed by atoms with Gasteiger partial charge in [-0.2, -0.15) is 0 Å². The first-order valence-electron chi connectivity index (χ1n) is 34.3. The van der Waals surface area contributed by atoms with Crippen LogP contribution in [0.15, 0.2) is 66.7 Å². The van der Waals surface area contributed by atoms with Crippen molar-refractivity contribution >= 4 is 60.0 Å². The van der Waals surface area contributed by atoms with Crippen LogP contribution in [0.5, 0.6) is 11.5 Å². The summed E-state index contributed by atoms with van der Waals surface area (Å²) in [4.78, 5) is 19.7. The van der Waals surface area contributed by atoms with E-state index in [9.17, 15) is 30.6 Å². The fourth-order valence-electron chi connectivity index (χ4n) is 27.5. The summed E-state index contributed by atoms with van der Waals surface area (Å²) in [5.74, 6) is -1.15. The number of aromatic nitrogens is 1. The van der Waals surface area contributed by atoms with E-state index >= 15 is 4.79 Å². The topological polar surface area (TPSA) is 194 Å². The van der Waals surface area contributed by atoms with Gasteiger partial charge in [-0.3, -0.25) is 0 Å². The van der Waals surface area contributed by atoms with Gasteiger partial charge in [-0.25, -0.2) is 4.79 Å². The van der Waals surface area contributed by atoms with Crippen LogP contribution >= 0.6 is 21.6 Å². The molecule has 0 radical (unpaired) electrons. The minimum absolute atomic E-state index is 0.0820. The van der Waals surface area contributed by atoms with Gasteiger partial charge in [0.05, 0.1) is 35.4 Å². The van der Waals surface area contributed by atoms with Gasteiger partial charge in [0.1, 0.15) is 18.0 Å². The summed E-state index contributed by atoms with van der Waals surface area (Å²) in [5.41, 5.74) is -1.24. The van der Waals surface area contributed by atoms with E-state index in [0.29, 0.717) is 53.1 Å². The summed E-state index contributed by atoms with van der Waals surface area (Å²) >= 11 is 0. The van der Waals surface area contributed by atoms with Crippen LogP contribution in [-0.2, 0) is 26.3 Å². The van der Waals surface area contributed by atoms with Crippen LogP contribution in [0, 0.1) is 73.9 Å². The Kier molecular flexibility index (Phi) is 11.7. The minimum Gasteiger partial charge on any atom is -0.508 e. The number of benzene rings is 4. The molecule has 462 valence electrons. The van der Waals surface area contributed by atoms with Crippen molar-refractivity contribution in [2.75, 3.05) is 18.6 Å². The fraction of sp³-hybridized carbons (Fsp3) is 0.685. The molecule has 5 aromatic rings. The molecule has 87 heavy (non-hydrogen) atoms. The molecule has 12 nitrogen and oxygen atoms in total. The summed E-state index contributed by atoms with van der Waals surface area (Å²) in [7, 11) is 5.90. The lowest BCUT2D eigenvalue weighted by Gasteiger charge is -2.72. The van der Waals surface area contributed by atoms with Crippen molar-refractivity contribution < 1.29 is 49.6 Å². The Bertz CT molecular complexity index is 3710. The van der Waals surface area contributed by atoms with Crippen molar-refractivity contribution in [3.8, 4) is 11.5 Å². The molecule has 4 aromatic carbocycles. The normalized spacial score (nSPS) is 47.2. The average molecular weight is 1220 g/mol. The van der Waals surface area contributed by atoms with Crippen LogP contribution in [-0.4, -0.2) is 108 Å². The summed E-state index contributed by atoms with van der Waals surface area (Å²) in [6.07, 6.45) is 17.7. The van der Waals surface area contributed by atoms with Gasteiger partial charge < -0.3 is 55.2 Å². The average Bonchev–Trinajstić information content (AvgIpc) is 1.53. The third-order valence-electron chi connectivity index (χ3n) is 30.1. The predicted molar refractivity (Wildman–Crippen MR) is 336 cm³/mol. The van der Waals surface area contributed by atoms with Gasteiger partial charge in [0.2, 0.25) is 5.79 Å². The number of aliphatic hydroxyl groups is 5. The predicted octanol–water partition coefficient (Wildman–Crippen LogP) is 12.2. The molecular formula is C73H88N2O10S2. The highest BCUT2D eigenvalue weighted by Gasteiger charge is 2.90. The van der Waals surface area contributed by atoms with Crippen LogP contribution in [0.25, 0.3) is 32.4 Å². The molecule has 0 amide bonds. The van der Waals surface area contributed by atoms with E-state index in [-0.39, 0.29) is 57.5 Å². The van der Waals surface area contributed by atoms with Gasteiger partial charge in [-0.1, -0.05) is 83.7 Å². The van der Waals surface area contributed by atoms with Crippen molar-refractivity contribution in [2.24, 2.45) is 73.9 Å². The number of H-pyrrole nitrogens is 1. The number of aliphatic hydroxyl groups excluding tert-OH is 3. The van der Waals surface area contributed by atoms with Crippen molar-refractivity contribution in [1.82, 2.24) is 10.3 Å². The lowest BCUT2D eigenvalue weighted by atomic mass is 9.37. The highest BCUT2D eigenvalue weighted by atomic mass is 33.1. The van der Waals surface area contributed by atoms with Gasteiger partial charge in [-0.15, -0.1) is 0 Å². The van der Waals surface area contributed by atoms with E-state index in [0.717, 1.165) is 117 Å². The number of aromatic amines is 1. The third-order valence-corrected chi connectivity index (χ3v) is 32.6. The quantitative estimate of drug-likeness (QED) is 0.0482. The zero-order valence-corrected chi connectivity index (χ0v) is 52.1. The van der Waals surface area contributed by atoms with E-state index < -0.39 is 82.6 Å². The molecule has 13 fully saturated rings. The minimum atomic E-state index is -2.64. The standard InChI is InChI=1S/C73H88N2O10S2/c1-74-55-36-87-86-35-50-45-13-10-42-29-43-16-21-69(71(43,57(42)45)51-14-12-44(77)31-47(50)51)60(78)49(55)32-48-52-33-70(67(19-6-7-20-67)26-27-68(70)25-24-66(38-68)23-22-65(37-66)17-4-5-18-65)64(80)73(82)72(52,81)62(84-61(48)69)59(85-73)63(79)83-58-54(34-76)75-53-15-11-41-28-39-8-2-3-9-40(39)30-46(41)56(53)58/h2-3,8-9,11-12,14-15,28,30-31,42-43,45,48-50,52,55,57,59-62,64,74-78,80-82H,4-7,10,13,16-27,29,32-38H2,1H3. The van der Waals surface area contributed by atoms with Gasteiger partial charge in [0, 0.05) is 45.6 Å². The fourth-order valence-corrected chi connectivity index (χ4v) is 30.3. The molecule has 21 atom stereocenters. The molecule has 3 saturated heterocycles. The molecule has 11 aliphatic carbocycles. The Hall–Kier alpha value is -3.41. The molecule has 4 bridgehead atoms. The molecule has 10 saturated carbocycles. The Morgan fingerprint density at radius 2 is 1.52 bits per heavy atom. The number of esters is 1. The Labute approximate surface area is 518 Å². The number of carbonyl (C=O) groups is 1. The third kappa shape index (κ3) is 6.53. The second kappa shape index (κ2) is 18.5. The van der Waals surface area contributed by atoms with Crippen LogP contribution in [0.1, 0.15) is 170 Å². The number of aromatic hydroxyl groups is 1. The Balaban J connectivity index is 0.832. The van der Waals surface area contributed by atoms with Gasteiger partial charge in [0.15, 0.2) is 17.5 Å². The number of hydrogen-bond acceptors (Lipinski definition) is 13. The first kappa shape index (κ1) is 55.2. The SMILES string of the molecule is CNC1CSSCC2c3cc(O)ccc3C34C(CCC35C(O)C1CC1C3CC6(C(O)C7(O)OC(C(=O)Oc8c(CO)[nH]c9ccc%10cc%11ccccc%11cc%10c89)C(OC15)C37O)C1(CCCC1)CCC61CCC3(CCC5(CCCC5)C3)C1)CC1CCC2C14. The maximum absolute atomic E-state index is 16.3. The lowest BCUT2D eigenvalue weighted by molar-refractivity contribution is -0.409. The molecule has 21 unspecified atom stereocenters. The molecule has 1 aromatic heterocycles. The number of rotatable bonds is 4. The second-order valence-corrected chi connectivity index (χ2v) is 34.8. The summed E-state index contributed by atoms with van der Waals surface area (Å²) in [5, 5.41) is 89.9. The van der Waals surface area contributed by atoms with Gasteiger partial charge >= 0.3 is 5.97 Å². The molecule has 4 aliphatic heterocycles. The number of ether oxygens (including phenoxy) is 3. The number of fused-ring (bicyclic) bond motifs is 12. The number of carbonyl (C=O) groups excluding carboxylic acids is 1. The highest BCUT2D eigenvalue weighted by Crippen LogP contribution is 2.86. The van der Waals surface area contributed by atoms with Crippen LogP contribution in [0.4, 0.5) is 0 Å². The molecule has 14 heteroatoms. The van der Waals surface area contributed by atoms with E-state index in [2.05, 4.69) is 53.7 Å². The molecule has 20 rings (SSSR count). The molecular weight excluding hydrogens is 1130 g/mol. The number of nitrogens with one attached hydrogen (secondary N) is 2. The van der Waals surface area contributed by atoms with Crippen LogP contribution in [0.3, 0.4) is 0 Å². The second-order valence-electron chi connectivity index (χ2n) is 32.2. The summed E-state index contributed by atoms with van der Waals surface area (Å²) < 4.78 is 22.3. The maximum Gasteiger partial charge on any atom is 0.343 e. The zero-order valence-electron chi connectivity index (χ0n) is 50.5. The summed E-state index contributed by atoms with van der Waals surface area (Å²) in [6.45, 7) is -0.454. The van der Waals surface area contributed by atoms with Gasteiger partial charge in [-0.05, 0) is 249 Å². The number of phenolic OH excluding ortho intramolecular Hbond substituents is 1. The van der Waals surface area contributed by atoms with Crippen molar-refractivity contribution in [2.45, 2.75) is 214 Å². The van der Waals surface area contributed by atoms with Crippen molar-refractivity contribution in [1.29, 1.82) is 0 Å². The van der Waals surface area contributed by atoms with E-state index in [1.807, 2.05) is 51.9 Å². The van der Waals surface area contributed by atoms with E-state index in [1.54, 1.807) is 0 Å². The number of hydrogen-bond donors (Lipinski definition) is 8. The smallest absolute Gasteiger partial charge is 0.343 e. The van der Waals surface area contributed by atoms with Crippen molar-refractivity contribution in [3.05, 3.63) is 83.6 Å². The Morgan fingerprint density at radius 1 is 0.759 bits per heavy atom. The summed E-state index contributed by atoms with van der Waals surface area (Å²) in [6, 6.07) is 22.5. The highest BCUT2D eigenvalue weighted by molar-refractivity contribution is 8.76. The van der Waals surface area contributed by atoms with Crippen LogP contribution < -0.4 is 10.1 Å². The molecule has 15 aliphatic rings. The van der Waals surface area contributed by atoms with Gasteiger partial charge in [0.25, 0.3) is 0 Å². The number of phenols is 1. The monoisotopic (exact) mass is 1220 g/mol. The van der Waals surface area contributed by atoms with E-state index in [4.69, 9.17) is 14.2 Å². The van der Waals surface area contributed by atoms with E-state index in [1.165, 1.54) is 56.1 Å². The molecule has 8 N–H and O–H groups in total. The molecule has 5 heterocycles. The first-order chi connectivity index (χ1) is 42.2. The lowest BCUT2D eigenvalue weighted by Crippen LogP contribution is -2.82. The first-order valence-corrected chi connectivity index (χ1v) is 36.8. The zero-order chi connectivity index (χ0) is 58.6. The molecule has 7 spiro atoms. The maximum atomic E-state index is 16.3. The van der Waals surface area contributed by atoms with Crippen LogP contribution in [0.2, 0.25) is 0 Å². The Morgan fingerprint density at radius 3 is 2.33 bits per heavy atom. The largest absolute Gasteiger partial charge is 0.508 e.